The summed E-state index contributed by atoms with van der Waals surface area (Å²) in [5.41, 5.74) is 5.49. The summed E-state index contributed by atoms with van der Waals surface area (Å²) in [5, 5.41) is 0. The Bertz CT molecular complexity index is 420. The molecule has 3 fully saturated rings. The van der Waals surface area contributed by atoms with Crippen LogP contribution in [0, 0.1) is 5.41 Å². The maximum absolute atomic E-state index is 13.2. The third kappa shape index (κ3) is 2.82. The lowest BCUT2D eigenvalue weighted by Crippen LogP contribution is -2.53. The number of thiocarbonyl (C=S) groups is 1. The molecule has 4 nitrogen and oxygen atoms in total. The van der Waals surface area contributed by atoms with Crippen molar-refractivity contribution < 1.29 is 4.79 Å². The molecule has 1 unspecified atom stereocenters. The molecule has 3 rings (SSSR count). The lowest BCUT2D eigenvalue weighted by atomic mass is 9.72. The lowest BCUT2D eigenvalue weighted by molar-refractivity contribution is -0.140. The van der Waals surface area contributed by atoms with Crippen molar-refractivity contribution in [3.05, 3.63) is 0 Å². The Kier molecular flexibility index (Phi) is 4.50. The SMILES string of the molecule is NC(=S)C1(C(=O)N2CCCN3CCCC3C2)CCCCC1. The van der Waals surface area contributed by atoms with Gasteiger partial charge in [0.15, 0.2) is 0 Å². The minimum atomic E-state index is -0.540. The molecule has 0 spiro atoms. The number of fused-ring (bicyclic) bond motifs is 1. The molecule has 0 aromatic carbocycles. The van der Waals surface area contributed by atoms with Gasteiger partial charge >= 0.3 is 0 Å². The molecule has 3 aliphatic rings. The predicted molar refractivity (Wildman–Crippen MR) is 88.1 cm³/mol. The van der Waals surface area contributed by atoms with Gasteiger partial charge in [-0.2, -0.15) is 0 Å². The van der Waals surface area contributed by atoms with E-state index in [1.165, 1.54) is 25.8 Å². The van der Waals surface area contributed by atoms with E-state index >= 15 is 0 Å². The molecule has 21 heavy (non-hydrogen) atoms. The first-order valence-electron chi connectivity index (χ1n) is 8.47. The molecular formula is C16H27N3OS. The molecule has 1 amide bonds. The van der Waals surface area contributed by atoms with Crippen LogP contribution in [0.25, 0.3) is 0 Å². The van der Waals surface area contributed by atoms with E-state index in [0.29, 0.717) is 11.0 Å². The van der Waals surface area contributed by atoms with Gasteiger partial charge in [-0.1, -0.05) is 31.5 Å². The van der Waals surface area contributed by atoms with Crippen molar-refractivity contribution in [2.75, 3.05) is 26.2 Å². The van der Waals surface area contributed by atoms with Crippen LogP contribution in [0.4, 0.5) is 0 Å². The van der Waals surface area contributed by atoms with Crippen LogP contribution in [-0.2, 0) is 4.79 Å². The number of carbonyl (C=O) groups is 1. The molecule has 5 heteroatoms. The fraction of sp³-hybridized carbons (Fsp3) is 0.875. The van der Waals surface area contributed by atoms with Crippen molar-refractivity contribution in [3.63, 3.8) is 0 Å². The van der Waals surface area contributed by atoms with E-state index in [1.54, 1.807) is 0 Å². The number of carbonyl (C=O) groups excluding carboxylic acids is 1. The van der Waals surface area contributed by atoms with Crippen LogP contribution in [0.5, 0.6) is 0 Å². The van der Waals surface area contributed by atoms with Gasteiger partial charge in [0.1, 0.15) is 0 Å². The number of nitrogens with two attached hydrogens (primary N) is 1. The Morgan fingerprint density at radius 2 is 1.76 bits per heavy atom. The summed E-state index contributed by atoms with van der Waals surface area (Å²) in [4.78, 5) is 18.3. The quantitative estimate of drug-likeness (QED) is 0.792. The van der Waals surface area contributed by atoms with E-state index in [9.17, 15) is 4.79 Å². The molecule has 2 saturated heterocycles. The first-order valence-corrected chi connectivity index (χ1v) is 8.88. The van der Waals surface area contributed by atoms with Crippen molar-refractivity contribution in [1.29, 1.82) is 0 Å². The molecule has 0 radical (unpaired) electrons. The fourth-order valence-corrected chi connectivity index (χ4v) is 4.71. The zero-order chi connectivity index (χ0) is 14.9. The highest BCUT2D eigenvalue weighted by Gasteiger charge is 2.45. The van der Waals surface area contributed by atoms with Gasteiger partial charge in [0.2, 0.25) is 5.91 Å². The van der Waals surface area contributed by atoms with Crippen LogP contribution in [0.15, 0.2) is 0 Å². The van der Waals surface area contributed by atoms with Gasteiger partial charge in [-0.3, -0.25) is 9.69 Å². The summed E-state index contributed by atoms with van der Waals surface area (Å²) in [7, 11) is 0. The van der Waals surface area contributed by atoms with Crippen molar-refractivity contribution in [2.24, 2.45) is 11.1 Å². The highest BCUT2D eigenvalue weighted by molar-refractivity contribution is 7.80. The van der Waals surface area contributed by atoms with E-state index in [2.05, 4.69) is 9.80 Å². The molecule has 2 aliphatic heterocycles. The third-order valence-electron chi connectivity index (χ3n) is 5.68. The summed E-state index contributed by atoms with van der Waals surface area (Å²) in [5.74, 6) is 0.225. The van der Waals surface area contributed by atoms with Crippen molar-refractivity contribution in [3.8, 4) is 0 Å². The molecule has 1 saturated carbocycles. The van der Waals surface area contributed by atoms with E-state index < -0.39 is 5.41 Å². The molecule has 0 bridgehead atoms. The predicted octanol–water partition coefficient (Wildman–Crippen LogP) is 1.92. The van der Waals surface area contributed by atoms with E-state index in [4.69, 9.17) is 18.0 Å². The molecule has 0 aromatic heterocycles. The highest BCUT2D eigenvalue weighted by Crippen LogP contribution is 2.39. The summed E-state index contributed by atoms with van der Waals surface area (Å²) in [6, 6.07) is 0.559. The van der Waals surface area contributed by atoms with Crippen molar-refractivity contribution in [1.82, 2.24) is 9.80 Å². The maximum atomic E-state index is 13.2. The molecule has 2 N–H and O–H groups in total. The second kappa shape index (κ2) is 6.21. The van der Waals surface area contributed by atoms with E-state index in [0.717, 1.165) is 51.7 Å². The van der Waals surface area contributed by atoms with E-state index in [-0.39, 0.29) is 5.91 Å². The molecule has 0 aromatic rings. The van der Waals surface area contributed by atoms with Gasteiger partial charge in [-0.05, 0) is 38.6 Å². The van der Waals surface area contributed by atoms with Crippen molar-refractivity contribution in [2.45, 2.75) is 57.4 Å². The second-order valence-corrected chi connectivity index (χ2v) is 7.38. The van der Waals surface area contributed by atoms with E-state index in [1.807, 2.05) is 0 Å². The van der Waals surface area contributed by atoms with Crippen LogP contribution in [-0.4, -0.2) is 52.9 Å². The summed E-state index contributed by atoms with van der Waals surface area (Å²) in [6.45, 7) is 4.08. The Hall–Kier alpha value is -0.680. The largest absolute Gasteiger partial charge is 0.392 e. The number of rotatable bonds is 2. The number of hydrogen-bond acceptors (Lipinski definition) is 3. The average molecular weight is 309 g/mol. The minimum absolute atomic E-state index is 0.225. The first kappa shape index (κ1) is 15.2. The third-order valence-corrected chi connectivity index (χ3v) is 6.07. The van der Waals surface area contributed by atoms with Crippen LogP contribution < -0.4 is 5.73 Å². The molecule has 118 valence electrons. The van der Waals surface area contributed by atoms with Gasteiger partial charge in [-0.25, -0.2) is 0 Å². The molecular weight excluding hydrogens is 282 g/mol. The Labute approximate surface area is 133 Å². The number of amides is 1. The smallest absolute Gasteiger partial charge is 0.235 e. The second-order valence-electron chi connectivity index (χ2n) is 6.94. The fourth-order valence-electron chi connectivity index (χ4n) is 4.41. The van der Waals surface area contributed by atoms with Gasteiger partial charge < -0.3 is 10.6 Å². The minimum Gasteiger partial charge on any atom is -0.392 e. The van der Waals surface area contributed by atoms with Crippen LogP contribution in [0.1, 0.15) is 51.4 Å². The topological polar surface area (TPSA) is 49.6 Å². The van der Waals surface area contributed by atoms with Gasteiger partial charge in [0.05, 0.1) is 10.4 Å². The molecule has 1 aliphatic carbocycles. The van der Waals surface area contributed by atoms with Gasteiger partial charge in [0.25, 0.3) is 0 Å². The standard InChI is InChI=1S/C16H27N3OS/c17-14(21)16(7-2-1-3-8-16)15(20)19-11-5-10-18-9-4-6-13(18)12-19/h13H,1-12H2,(H2,17,21). The van der Waals surface area contributed by atoms with Crippen LogP contribution in [0.2, 0.25) is 0 Å². The van der Waals surface area contributed by atoms with Gasteiger partial charge in [0, 0.05) is 25.7 Å². The first-order chi connectivity index (χ1) is 10.1. The monoisotopic (exact) mass is 309 g/mol. The maximum Gasteiger partial charge on any atom is 0.235 e. The van der Waals surface area contributed by atoms with Crippen molar-refractivity contribution >= 4 is 23.1 Å². The Morgan fingerprint density at radius 3 is 2.48 bits per heavy atom. The van der Waals surface area contributed by atoms with Gasteiger partial charge in [-0.15, -0.1) is 0 Å². The zero-order valence-electron chi connectivity index (χ0n) is 12.9. The van der Waals surface area contributed by atoms with Crippen LogP contribution in [0.3, 0.4) is 0 Å². The summed E-state index contributed by atoms with van der Waals surface area (Å²) >= 11 is 5.32. The Balaban J connectivity index is 1.77. The number of hydrogen-bond donors (Lipinski definition) is 1. The zero-order valence-corrected chi connectivity index (χ0v) is 13.7. The molecule has 2 heterocycles. The summed E-state index contributed by atoms with van der Waals surface area (Å²) in [6.07, 6.45) is 8.64. The number of nitrogens with zero attached hydrogens (tertiary/aromatic N) is 2. The average Bonchev–Trinajstić information content (AvgIpc) is 2.84. The lowest BCUT2D eigenvalue weighted by Gasteiger charge is -2.39. The van der Waals surface area contributed by atoms with Crippen LogP contribution >= 0.6 is 12.2 Å². The Morgan fingerprint density at radius 1 is 1.05 bits per heavy atom. The highest BCUT2D eigenvalue weighted by atomic mass is 32.1. The normalized spacial score (nSPS) is 29.7. The summed E-state index contributed by atoms with van der Waals surface area (Å²) < 4.78 is 0. The molecule has 1 atom stereocenters.